The second kappa shape index (κ2) is 7.42. The second-order valence-electron chi connectivity index (χ2n) is 10.9. The van der Waals surface area contributed by atoms with Crippen LogP contribution in [0.25, 0.3) is 27.5 Å². The van der Waals surface area contributed by atoms with E-state index in [4.69, 9.17) is 4.98 Å². The predicted molar refractivity (Wildman–Crippen MR) is 148 cm³/mol. The van der Waals surface area contributed by atoms with Gasteiger partial charge in [-0.1, -0.05) is 88.0 Å². The molecule has 6 rings (SSSR count). The highest BCUT2D eigenvalue weighted by atomic mass is 14.9. The van der Waals surface area contributed by atoms with Gasteiger partial charge in [-0.15, -0.1) is 0 Å². The molecule has 2 nitrogen and oxygen atoms in total. The van der Waals surface area contributed by atoms with Crippen molar-refractivity contribution in [2.24, 2.45) is 0 Å². The fourth-order valence-corrected chi connectivity index (χ4v) is 6.41. The molecule has 2 aliphatic rings. The topological polar surface area (TPSA) is 24.9 Å². The van der Waals surface area contributed by atoms with Crippen LogP contribution in [0, 0.1) is 0 Å². The van der Waals surface area contributed by atoms with Crippen LogP contribution in [0.15, 0.2) is 90.8 Å². The third-order valence-electron chi connectivity index (χ3n) is 7.88. The quantitative estimate of drug-likeness (QED) is 0.341. The summed E-state index contributed by atoms with van der Waals surface area (Å²) < 4.78 is 0. The van der Waals surface area contributed by atoms with Crippen molar-refractivity contribution >= 4 is 16.3 Å². The molecule has 2 aliphatic carbocycles. The van der Waals surface area contributed by atoms with Gasteiger partial charge in [0, 0.05) is 23.8 Å². The molecule has 4 aromatic rings. The summed E-state index contributed by atoms with van der Waals surface area (Å²) in [5, 5.41) is 6.10. The molecule has 0 atom stereocenters. The predicted octanol–water partition coefficient (Wildman–Crippen LogP) is 7.76. The smallest absolute Gasteiger partial charge is 0.0744 e. The van der Waals surface area contributed by atoms with Crippen molar-refractivity contribution in [1.29, 1.82) is 0 Å². The van der Waals surface area contributed by atoms with Gasteiger partial charge in [0.25, 0.3) is 0 Å². The Kier molecular flexibility index (Phi) is 4.63. The molecule has 0 amide bonds. The van der Waals surface area contributed by atoms with Crippen LogP contribution in [0.4, 0.5) is 0 Å². The SMILES string of the molecule is C=C(NCC)C1=C(C)c2nccc3cc(C(C)(C)C)cc(c23)C12c1ccccc1-c1ccccc12. The zero-order valence-electron chi connectivity index (χ0n) is 21.3. The molecule has 0 unspecified atom stereocenters. The average Bonchev–Trinajstić information content (AvgIpc) is 3.13. The lowest BCUT2D eigenvalue weighted by atomic mass is 9.60. The molecule has 0 fully saturated rings. The van der Waals surface area contributed by atoms with E-state index in [1.807, 2.05) is 6.20 Å². The van der Waals surface area contributed by atoms with Crippen LogP contribution < -0.4 is 5.32 Å². The Bertz CT molecular complexity index is 1520. The summed E-state index contributed by atoms with van der Waals surface area (Å²) in [6, 6.07) is 24.8. The van der Waals surface area contributed by atoms with E-state index in [9.17, 15) is 0 Å². The lowest BCUT2D eigenvalue weighted by molar-refractivity contribution is 0.588. The van der Waals surface area contributed by atoms with Crippen molar-refractivity contribution < 1.29 is 0 Å². The minimum Gasteiger partial charge on any atom is -0.386 e. The highest BCUT2D eigenvalue weighted by Crippen LogP contribution is 2.62. The van der Waals surface area contributed by atoms with Gasteiger partial charge >= 0.3 is 0 Å². The standard InChI is InChI=1S/C33H32N2/c1-7-34-21(3)30-20(2)31-29-22(16-17-35-31)18-23(32(4,5)6)19-28(29)33(30)26-14-10-8-12-24(26)25-13-9-11-15-27(25)33/h8-19,34H,3,7H2,1-2,4-6H3. The number of fused-ring (bicyclic) bond motifs is 6. The van der Waals surface area contributed by atoms with E-state index in [-0.39, 0.29) is 5.41 Å². The number of pyridine rings is 1. The van der Waals surface area contributed by atoms with Gasteiger partial charge in [0.05, 0.1) is 11.1 Å². The molecule has 3 aromatic carbocycles. The van der Waals surface area contributed by atoms with Gasteiger partial charge in [-0.25, -0.2) is 0 Å². The largest absolute Gasteiger partial charge is 0.386 e. The van der Waals surface area contributed by atoms with Crippen LogP contribution >= 0.6 is 0 Å². The summed E-state index contributed by atoms with van der Waals surface area (Å²) >= 11 is 0. The van der Waals surface area contributed by atoms with Crippen LogP contribution in [-0.4, -0.2) is 11.5 Å². The summed E-state index contributed by atoms with van der Waals surface area (Å²) in [6.07, 6.45) is 1.96. The number of likely N-dealkylation sites (N-methyl/N-ethyl adjacent to an activating group) is 1. The number of hydrogen-bond acceptors (Lipinski definition) is 2. The third-order valence-corrected chi connectivity index (χ3v) is 7.88. The highest BCUT2D eigenvalue weighted by molar-refractivity contribution is 6.04. The number of rotatable bonds is 3. The summed E-state index contributed by atoms with van der Waals surface area (Å²) in [7, 11) is 0. The molecule has 0 bridgehead atoms. The zero-order chi connectivity index (χ0) is 24.5. The molecule has 0 saturated heterocycles. The molecule has 0 saturated carbocycles. The Morgan fingerprint density at radius 2 is 1.54 bits per heavy atom. The molecule has 174 valence electrons. The molecule has 35 heavy (non-hydrogen) atoms. The lowest BCUT2D eigenvalue weighted by Gasteiger charge is -2.42. The number of aromatic nitrogens is 1. The third kappa shape index (κ3) is 2.80. The molecule has 1 N–H and O–H groups in total. The van der Waals surface area contributed by atoms with Gasteiger partial charge in [0.2, 0.25) is 0 Å². The average molecular weight is 457 g/mol. The maximum atomic E-state index is 4.94. The molecule has 1 spiro atoms. The summed E-state index contributed by atoms with van der Waals surface area (Å²) in [4.78, 5) is 4.94. The minimum atomic E-state index is -0.452. The number of nitrogens with zero attached hydrogens (tertiary/aromatic N) is 1. The molecule has 0 aliphatic heterocycles. The van der Waals surface area contributed by atoms with Crippen LogP contribution in [-0.2, 0) is 10.8 Å². The molecular weight excluding hydrogens is 424 g/mol. The monoisotopic (exact) mass is 456 g/mol. The first-order valence-corrected chi connectivity index (χ1v) is 12.6. The number of benzene rings is 3. The molecule has 1 aromatic heterocycles. The number of allylic oxidation sites excluding steroid dienone is 2. The van der Waals surface area contributed by atoms with E-state index in [0.717, 1.165) is 17.9 Å². The molecule has 2 heteroatoms. The maximum absolute atomic E-state index is 4.94. The van der Waals surface area contributed by atoms with E-state index in [2.05, 4.69) is 113 Å². The van der Waals surface area contributed by atoms with Crippen molar-refractivity contribution in [3.8, 4) is 11.1 Å². The van der Waals surface area contributed by atoms with Gasteiger partial charge < -0.3 is 5.32 Å². The first-order valence-electron chi connectivity index (χ1n) is 12.6. The normalized spacial score (nSPS) is 15.3. The zero-order valence-corrected chi connectivity index (χ0v) is 21.3. The Hall–Kier alpha value is -3.65. The fourth-order valence-electron chi connectivity index (χ4n) is 6.41. The van der Waals surface area contributed by atoms with Gasteiger partial charge in [-0.05, 0) is 75.2 Å². The highest BCUT2D eigenvalue weighted by Gasteiger charge is 2.52. The van der Waals surface area contributed by atoms with Gasteiger partial charge in [0.15, 0.2) is 0 Å². The van der Waals surface area contributed by atoms with Crippen molar-refractivity contribution in [3.05, 3.63) is 119 Å². The van der Waals surface area contributed by atoms with Crippen LogP contribution in [0.5, 0.6) is 0 Å². The first kappa shape index (κ1) is 21.9. The minimum absolute atomic E-state index is 0.0159. The van der Waals surface area contributed by atoms with E-state index in [0.29, 0.717) is 0 Å². The van der Waals surface area contributed by atoms with Crippen LogP contribution in [0.1, 0.15) is 62.6 Å². The van der Waals surface area contributed by atoms with Crippen molar-refractivity contribution in [2.45, 2.75) is 45.4 Å². The van der Waals surface area contributed by atoms with Crippen molar-refractivity contribution in [1.82, 2.24) is 10.3 Å². The first-order chi connectivity index (χ1) is 16.8. The lowest BCUT2D eigenvalue weighted by Crippen LogP contribution is -2.37. The summed E-state index contributed by atoms with van der Waals surface area (Å²) in [5.74, 6) is 0. The van der Waals surface area contributed by atoms with Crippen molar-refractivity contribution in [3.63, 3.8) is 0 Å². The Morgan fingerprint density at radius 1 is 0.914 bits per heavy atom. The maximum Gasteiger partial charge on any atom is 0.0744 e. The van der Waals surface area contributed by atoms with Gasteiger partial charge in [0.1, 0.15) is 0 Å². The Balaban J connectivity index is 1.88. The van der Waals surface area contributed by atoms with E-state index in [1.54, 1.807) is 0 Å². The van der Waals surface area contributed by atoms with Crippen LogP contribution in [0.2, 0.25) is 0 Å². The van der Waals surface area contributed by atoms with Crippen molar-refractivity contribution in [2.75, 3.05) is 6.54 Å². The van der Waals surface area contributed by atoms with E-state index in [1.165, 1.54) is 55.3 Å². The van der Waals surface area contributed by atoms with E-state index < -0.39 is 5.41 Å². The molecular formula is C33H32N2. The summed E-state index contributed by atoms with van der Waals surface area (Å²) in [6.45, 7) is 16.7. The Labute approximate surface area is 208 Å². The van der Waals surface area contributed by atoms with E-state index >= 15 is 0 Å². The second-order valence-corrected chi connectivity index (χ2v) is 10.9. The fraction of sp³-hybridized carbons (Fsp3) is 0.242. The van der Waals surface area contributed by atoms with Gasteiger partial charge in [-0.3, -0.25) is 4.98 Å². The molecule has 1 heterocycles. The number of hydrogen-bond donors (Lipinski definition) is 1. The molecule has 0 radical (unpaired) electrons. The Morgan fingerprint density at radius 3 is 2.14 bits per heavy atom. The summed E-state index contributed by atoms with van der Waals surface area (Å²) in [5.41, 5.74) is 12.0. The van der Waals surface area contributed by atoms with Crippen LogP contribution in [0.3, 0.4) is 0 Å². The number of nitrogens with one attached hydrogen (secondary N) is 1. The van der Waals surface area contributed by atoms with Gasteiger partial charge in [-0.2, -0.15) is 0 Å².